The first-order valence-corrected chi connectivity index (χ1v) is 9.08. The normalized spacial score (nSPS) is 18.5. The van der Waals surface area contributed by atoms with Gasteiger partial charge in [0.05, 0.1) is 16.9 Å². The Morgan fingerprint density at radius 1 is 1.33 bits per heavy atom. The highest BCUT2D eigenvalue weighted by atomic mass is 32.2. The lowest BCUT2D eigenvalue weighted by Gasteiger charge is -2.18. The van der Waals surface area contributed by atoms with E-state index in [9.17, 15) is 24.5 Å². The van der Waals surface area contributed by atoms with Gasteiger partial charge in [0, 0.05) is 30.8 Å². The third-order valence-electron chi connectivity index (χ3n) is 4.34. The smallest absolute Gasteiger partial charge is 0.294 e. The van der Waals surface area contributed by atoms with Crippen LogP contribution in [0.4, 0.5) is 10.5 Å². The number of imide groups is 1. The summed E-state index contributed by atoms with van der Waals surface area (Å²) in [6, 6.07) is 3.98. The van der Waals surface area contributed by atoms with Crippen LogP contribution in [0.15, 0.2) is 23.1 Å². The molecule has 0 aromatic heterocycles. The minimum atomic E-state index is -0.592. The van der Waals surface area contributed by atoms with Gasteiger partial charge in [-0.15, -0.1) is 0 Å². The third-order valence-corrected chi connectivity index (χ3v) is 5.24. The van der Waals surface area contributed by atoms with E-state index in [2.05, 4.69) is 0 Å². The van der Waals surface area contributed by atoms with Crippen LogP contribution in [-0.4, -0.2) is 58.5 Å². The molecule has 0 bridgehead atoms. The second kappa shape index (κ2) is 7.78. The largest absolute Gasteiger partial charge is 0.496 e. The third kappa shape index (κ3) is 3.95. The molecule has 3 rings (SSSR count). The van der Waals surface area contributed by atoms with Gasteiger partial charge in [-0.1, -0.05) is 0 Å². The Morgan fingerprint density at radius 3 is 2.67 bits per heavy atom. The Balaban J connectivity index is 1.82. The summed E-state index contributed by atoms with van der Waals surface area (Å²) in [5.41, 5.74) is 0.147. The van der Waals surface area contributed by atoms with Crippen molar-refractivity contribution in [3.05, 3.63) is 38.8 Å². The van der Waals surface area contributed by atoms with Gasteiger partial charge in [-0.2, -0.15) is 0 Å². The summed E-state index contributed by atoms with van der Waals surface area (Å²) in [6.45, 7) is 0.972. The molecule has 2 heterocycles. The van der Waals surface area contributed by atoms with Crippen molar-refractivity contribution < 1.29 is 24.0 Å². The van der Waals surface area contributed by atoms with Gasteiger partial charge in [-0.25, -0.2) is 0 Å². The minimum absolute atomic E-state index is 0.0908. The van der Waals surface area contributed by atoms with Crippen molar-refractivity contribution in [2.75, 3.05) is 26.7 Å². The number of nitro benzene ring substituents is 1. The molecule has 9 nitrogen and oxygen atoms in total. The van der Waals surface area contributed by atoms with Crippen LogP contribution in [-0.2, 0) is 9.59 Å². The number of ether oxygens (including phenoxy) is 1. The molecule has 2 aliphatic rings. The molecule has 0 atom stereocenters. The summed E-state index contributed by atoms with van der Waals surface area (Å²) in [6.07, 6.45) is 3.21. The molecule has 0 unspecified atom stereocenters. The highest BCUT2D eigenvalue weighted by molar-refractivity contribution is 8.18. The fraction of sp³-hybridized carbons (Fsp3) is 0.353. The number of benzene rings is 1. The number of nitrogens with zero attached hydrogens (tertiary/aromatic N) is 3. The number of methoxy groups -OCH3 is 1. The lowest BCUT2D eigenvalue weighted by atomic mass is 10.1. The first kappa shape index (κ1) is 18.9. The zero-order chi connectivity index (χ0) is 19.6. The van der Waals surface area contributed by atoms with Gasteiger partial charge < -0.3 is 9.64 Å². The SMILES string of the molecule is COc1ccc([N+](=O)[O-])cc1/C=C1\SC(=O)N(CC(=O)N2CCCC2)C1=O. The standard InChI is InChI=1S/C17H17N3O6S/c1-26-13-5-4-12(20(24)25)8-11(13)9-14-16(22)19(17(23)27-14)10-15(21)18-6-2-3-7-18/h4-5,8-9H,2-3,6-7,10H2,1H3/b14-9-. The maximum atomic E-state index is 12.6. The molecule has 0 aliphatic carbocycles. The molecule has 0 spiro atoms. The number of nitro groups is 1. The van der Waals surface area contributed by atoms with Crippen LogP contribution >= 0.6 is 11.8 Å². The Hall–Kier alpha value is -2.88. The van der Waals surface area contributed by atoms with Crippen molar-refractivity contribution in [1.82, 2.24) is 9.80 Å². The average Bonchev–Trinajstić information content (AvgIpc) is 3.26. The maximum absolute atomic E-state index is 12.6. The van der Waals surface area contributed by atoms with E-state index in [1.54, 1.807) is 4.90 Å². The summed E-state index contributed by atoms with van der Waals surface area (Å²) in [4.78, 5) is 50.0. The average molecular weight is 391 g/mol. The fourth-order valence-electron chi connectivity index (χ4n) is 2.93. The first-order valence-electron chi connectivity index (χ1n) is 8.26. The zero-order valence-corrected chi connectivity index (χ0v) is 15.4. The van der Waals surface area contributed by atoms with Crippen LogP contribution in [0.2, 0.25) is 0 Å². The van der Waals surface area contributed by atoms with Crippen LogP contribution in [0.25, 0.3) is 6.08 Å². The van der Waals surface area contributed by atoms with E-state index in [-0.39, 0.29) is 23.0 Å². The molecule has 10 heteroatoms. The van der Waals surface area contributed by atoms with E-state index in [0.29, 0.717) is 36.2 Å². The van der Waals surface area contributed by atoms with Gasteiger partial charge in [0.15, 0.2) is 0 Å². The predicted molar refractivity (Wildman–Crippen MR) is 98.1 cm³/mol. The summed E-state index contributed by atoms with van der Waals surface area (Å²) in [5.74, 6) is -0.518. The van der Waals surface area contributed by atoms with E-state index in [4.69, 9.17) is 4.74 Å². The Kier molecular flexibility index (Phi) is 5.45. The molecule has 27 heavy (non-hydrogen) atoms. The number of hydrogen-bond acceptors (Lipinski definition) is 7. The van der Waals surface area contributed by atoms with Gasteiger partial charge in [0.2, 0.25) is 5.91 Å². The van der Waals surface area contributed by atoms with Gasteiger partial charge in [-0.3, -0.25) is 29.4 Å². The number of carbonyl (C=O) groups is 3. The van der Waals surface area contributed by atoms with Crippen LogP contribution < -0.4 is 4.74 Å². The number of non-ortho nitro benzene ring substituents is 1. The predicted octanol–water partition coefficient (Wildman–Crippen LogP) is 2.26. The molecule has 1 aromatic rings. The van der Waals surface area contributed by atoms with Crippen LogP contribution in [0.1, 0.15) is 18.4 Å². The van der Waals surface area contributed by atoms with Gasteiger partial charge >= 0.3 is 0 Å². The summed E-state index contributed by atoms with van der Waals surface area (Å²) >= 11 is 0.697. The van der Waals surface area contributed by atoms with Crippen molar-refractivity contribution in [3.8, 4) is 5.75 Å². The lowest BCUT2D eigenvalue weighted by molar-refractivity contribution is -0.384. The molecular weight excluding hydrogens is 374 g/mol. The summed E-state index contributed by atoms with van der Waals surface area (Å²) in [5, 5.41) is 10.4. The topological polar surface area (TPSA) is 110 Å². The number of thioether (sulfide) groups is 1. The summed E-state index contributed by atoms with van der Waals surface area (Å²) < 4.78 is 5.16. The zero-order valence-electron chi connectivity index (χ0n) is 14.5. The number of rotatable bonds is 5. The number of likely N-dealkylation sites (tertiary alicyclic amines) is 1. The quantitative estimate of drug-likeness (QED) is 0.430. The van der Waals surface area contributed by atoms with Crippen molar-refractivity contribution in [2.24, 2.45) is 0 Å². The molecule has 0 radical (unpaired) electrons. The number of amides is 3. The van der Waals surface area contributed by atoms with Crippen molar-refractivity contribution in [3.63, 3.8) is 0 Å². The van der Waals surface area contributed by atoms with E-state index in [0.717, 1.165) is 17.7 Å². The second-order valence-electron chi connectivity index (χ2n) is 6.04. The molecule has 142 valence electrons. The van der Waals surface area contributed by atoms with Crippen LogP contribution in [0.5, 0.6) is 5.75 Å². The van der Waals surface area contributed by atoms with Gasteiger partial charge in [-0.05, 0) is 36.7 Å². The van der Waals surface area contributed by atoms with Crippen LogP contribution in [0, 0.1) is 10.1 Å². The molecule has 2 fully saturated rings. The van der Waals surface area contributed by atoms with E-state index in [1.165, 1.54) is 31.4 Å². The molecule has 1 aromatic carbocycles. The van der Waals surface area contributed by atoms with E-state index in [1.807, 2.05) is 0 Å². The number of hydrogen-bond donors (Lipinski definition) is 0. The molecular formula is C17H17N3O6S. The van der Waals surface area contributed by atoms with E-state index >= 15 is 0 Å². The number of carbonyl (C=O) groups excluding carboxylic acids is 3. The molecule has 3 amide bonds. The highest BCUT2D eigenvalue weighted by Crippen LogP contribution is 2.35. The Bertz CT molecular complexity index is 847. The molecule has 0 saturated carbocycles. The molecule has 2 aliphatic heterocycles. The monoisotopic (exact) mass is 391 g/mol. The van der Waals surface area contributed by atoms with Crippen molar-refractivity contribution in [2.45, 2.75) is 12.8 Å². The summed E-state index contributed by atoms with van der Waals surface area (Å²) in [7, 11) is 1.40. The lowest BCUT2D eigenvalue weighted by Crippen LogP contribution is -2.40. The Morgan fingerprint density at radius 2 is 2.04 bits per heavy atom. The Labute approximate surface area is 159 Å². The second-order valence-corrected chi connectivity index (χ2v) is 7.03. The van der Waals surface area contributed by atoms with Gasteiger partial charge in [0.25, 0.3) is 16.8 Å². The first-order chi connectivity index (χ1) is 12.9. The van der Waals surface area contributed by atoms with Crippen molar-refractivity contribution in [1.29, 1.82) is 0 Å². The van der Waals surface area contributed by atoms with Crippen molar-refractivity contribution >= 4 is 40.6 Å². The van der Waals surface area contributed by atoms with E-state index < -0.39 is 16.1 Å². The maximum Gasteiger partial charge on any atom is 0.294 e. The highest BCUT2D eigenvalue weighted by Gasteiger charge is 2.37. The molecule has 2 saturated heterocycles. The minimum Gasteiger partial charge on any atom is -0.496 e. The fourth-order valence-corrected chi connectivity index (χ4v) is 3.76. The van der Waals surface area contributed by atoms with Gasteiger partial charge in [0.1, 0.15) is 12.3 Å². The van der Waals surface area contributed by atoms with Crippen LogP contribution in [0.3, 0.4) is 0 Å². The molecule has 0 N–H and O–H groups in total.